The van der Waals surface area contributed by atoms with E-state index in [4.69, 9.17) is 0 Å². The van der Waals surface area contributed by atoms with Crippen LogP contribution in [0.15, 0.2) is 18.3 Å². The minimum atomic E-state index is -3.11. The zero-order valence-electron chi connectivity index (χ0n) is 16.6. The molecule has 2 atom stereocenters. The molecule has 2 aromatic rings. The van der Waals surface area contributed by atoms with Gasteiger partial charge in [-0.25, -0.2) is 8.78 Å². The van der Waals surface area contributed by atoms with Crippen LogP contribution in [0.4, 0.5) is 17.6 Å². The predicted octanol–water partition coefficient (Wildman–Crippen LogP) is 3.44. The second-order valence-corrected chi connectivity index (χ2v) is 8.33. The molecule has 1 aliphatic carbocycles. The number of nitrogens with one attached hydrogen (secondary N) is 2. The first-order valence-electron chi connectivity index (χ1n) is 9.80. The monoisotopic (exact) mass is 426 g/mol. The summed E-state index contributed by atoms with van der Waals surface area (Å²) in [5.41, 5.74) is -1.01. The molecule has 2 aliphatic rings. The van der Waals surface area contributed by atoms with Crippen molar-refractivity contribution in [2.24, 2.45) is 5.41 Å². The molecule has 30 heavy (non-hydrogen) atoms. The molecular formula is C20H22F4N4O2. The summed E-state index contributed by atoms with van der Waals surface area (Å²) in [6.45, 7) is 2.69. The number of H-pyrrole nitrogens is 1. The fourth-order valence-corrected chi connectivity index (χ4v) is 4.07. The molecule has 2 aromatic heterocycles. The number of aromatic nitrogens is 2. The molecule has 3 heterocycles. The molecule has 2 fully saturated rings. The van der Waals surface area contributed by atoms with Crippen molar-refractivity contribution in [3.8, 4) is 0 Å². The topological polar surface area (TPSA) is 78.1 Å². The SMILES string of the molecule is CC[C@H](NC(=O)c1cc2cc(C(C)(F)F)ncc2[nH]1)C(=O)N1CC[C@]2(C1)CC2(F)F. The summed E-state index contributed by atoms with van der Waals surface area (Å²) < 4.78 is 54.1. The highest BCUT2D eigenvalue weighted by atomic mass is 19.3. The van der Waals surface area contributed by atoms with E-state index < -0.39 is 40.8 Å². The molecule has 1 spiro atoms. The van der Waals surface area contributed by atoms with Crippen molar-refractivity contribution in [2.75, 3.05) is 13.1 Å². The number of aromatic amines is 1. The van der Waals surface area contributed by atoms with E-state index in [9.17, 15) is 27.2 Å². The summed E-state index contributed by atoms with van der Waals surface area (Å²) in [6.07, 6.45) is 1.57. The quantitative estimate of drug-likeness (QED) is 0.719. The van der Waals surface area contributed by atoms with Gasteiger partial charge in [-0.2, -0.15) is 8.78 Å². The standard InChI is InChI=1S/C20H22F4N4O2/c1-3-12(17(30)28-5-4-19(10-28)9-20(19,23)24)27-16(29)13-6-11-7-15(18(2,21)22)25-8-14(11)26-13/h6-8,12,26H,3-5,9-10H2,1-2H3,(H,27,29)/t12-,19+/m0/s1. The van der Waals surface area contributed by atoms with Crippen LogP contribution in [-0.4, -0.2) is 51.7 Å². The van der Waals surface area contributed by atoms with E-state index in [2.05, 4.69) is 15.3 Å². The van der Waals surface area contributed by atoms with Gasteiger partial charge >= 0.3 is 0 Å². The van der Waals surface area contributed by atoms with Crippen LogP contribution in [0, 0.1) is 5.41 Å². The van der Waals surface area contributed by atoms with E-state index in [1.807, 2.05) is 0 Å². The lowest BCUT2D eigenvalue weighted by Gasteiger charge is -2.23. The molecule has 1 aliphatic heterocycles. The summed E-state index contributed by atoms with van der Waals surface area (Å²) in [5, 5.41) is 3.01. The van der Waals surface area contributed by atoms with Crippen LogP contribution in [0.1, 0.15) is 49.3 Å². The van der Waals surface area contributed by atoms with Gasteiger partial charge in [-0.05, 0) is 25.0 Å². The number of alkyl halides is 4. The molecule has 0 aromatic carbocycles. The van der Waals surface area contributed by atoms with E-state index >= 15 is 0 Å². The first kappa shape index (κ1) is 20.6. The molecule has 2 N–H and O–H groups in total. The van der Waals surface area contributed by atoms with Crippen molar-refractivity contribution in [2.45, 2.75) is 51.0 Å². The minimum absolute atomic E-state index is 0.00271. The number of amides is 2. The maximum absolute atomic E-state index is 13.6. The van der Waals surface area contributed by atoms with E-state index in [1.165, 1.54) is 23.2 Å². The number of fused-ring (bicyclic) bond motifs is 1. The molecule has 1 saturated carbocycles. The molecule has 0 bridgehead atoms. The van der Waals surface area contributed by atoms with Crippen LogP contribution >= 0.6 is 0 Å². The van der Waals surface area contributed by atoms with Crippen molar-refractivity contribution in [1.82, 2.24) is 20.2 Å². The van der Waals surface area contributed by atoms with Gasteiger partial charge in [0.1, 0.15) is 17.4 Å². The van der Waals surface area contributed by atoms with Crippen molar-refractivity contribution >= 4 is 22.7 Å². The molecule has 10 heteroatoms. The number of carbonyl (C=O) groups is 2. The molecule has 162 valence electrons. The molecule has 0 unspecified atom stereocenters. The number of carbonyl (C=O) groups excluding carboxylic acids is 2. The Morgan fingerprint density at radius 1 is 1.37 bits per heavy atom. The fourth-order valence-electron chi connectivity index (χ4n) is 4.07. The number of rotatable bonds is 5. The summed E-state index contributed by atoms with van der Waals surface area (Å²) in [7, 11) is 0. The summed E-state index contributed by atoms with van der Waals surface area (Å²) in [5.74, 6) is -6.81. The van der Waals surface area contributed by atoms with Crippen molar-refractivity contribution in [1.29, 1.82) is 0 Å². The largest absolute Gasteiger partial charge is 0.349 e. The Kier molecular flexibility index (Phi) is 4.59. The van der Waals surface area contributed by atoms with Crippen LogP contribution in [0.5, 0.6) is 0 Å². The van der Waals surface area contributed by atoms with Crippen molar-refractivity contribution < 1.29 is 27.2 Å². The average Bonchev–Trinajstić information content (AvgIpc) is 3.04. The Hall–Kier alpha value is -2.65. The van der Waals surface area contributed by atoms with Gasteiger partial charge in [-0.3, -0.25) is 14.6 Å². The Morgan fingerprint density at radius 2 is 2.07 bits per heavy atom. The lowest BCUT2D eigenvalue weighted by atomic mass is 10.1. The summed E-state index contributed by atoms with van der Waals surface area (Å²) in [6, 6.07) is 1.75. The van der Waals surface area contributed by atoms with Gasteiger partial charge in [0, 0.05) is 31.8 Å². The first-order chi connectivity index (χ1) is 14.0. The van der Waals surface area contributed by atoms with Gasteiger partial charge in [-0.15, -0.1) is 0 Å². The second kappa shape index (κ2) is 6.68. The second-order valence-electron chi connectivity index (χ2n) is 8.33. The summed E-state index contributed by atoms with van der Waals surface area (Å²) >= 11 is 0. The molecule has 1 saturated heterocycles. The third-order valence-corrected chi connectivity index (χ3v) is 6.09. The number of likely N-dealkylation sites (tertiary alicyclic amines) is 1. The molecule has 2 amide bonds. The van der Waals surface area contributed by atoms with E-state index in [-0.39, 0.29) is 31.6 Å². The van der Waals surface area contributed by atoms with E-state index in [0.717, 1.165) is 6.92 Å². The first-order valence-corrected chi connectivity index (χ1v) is 9.80. The van der Waals surface area contributed by atoms with Crippen LogP contribution in [0.25, 0.3) is 10.9 Å². The highest BCUT2D eigenvalue weighted by Gasteiger charge is 2.73. The van der Waals surface area contributed by atoms with E-state index in [1.54, 1.807) is 6.92 Å². The lowest BCUT2D eigenvalue weighted by molar-refractivity contribution is -0.132. The fraction of sp³-hybridized carbons (Fsp3) is 0.550. The van der Waals surface area contributed by atoms with Crippen LogP contribution in [0.2, 0.25) is 0 Å². The molecule has 0 radical (unpaired) electrons. The van der Waals surface area contributed by atoms with Gasteiger partial charge in [0.25, 0.3) is 17.8 Å². The third kappa shape index (κ3) is 3.41. The van der Waals surface area contributed by atoms with Crippen molar-refractivity contribution in [3.63, 3.8) is 0 Å². The van der Waals surface area contributed by atoms with Crippen molar-refractivity contribution in [3.05, 3.63) is 29.7 Å². The van der Waals surface area contributed by atoms with Gasteiger partial charge in [0.05, 0.1) is 17.1 Å². The number of halogens is 4. The smallest absolute Gasteiger partial charge is 0.286 e. The number of hydrogen-bond donors (Lipinski definition) is 2. The molecular weight excluding hydrogens is 404 g/mol. The summed E-state index contributed by atoms with van der Waals surface area (Å²) in [4.78, 5) is 33.3. The van der Waals surface area contributed by atoms with Gasteiger partial charge < -0.3 is 15.2 Å². The van der Waals surface area contributed by atoms with Crippen LogP contribution in [0.3, 0.4) is 0 Å². The molecule has 4 rings (SSSR count). The van der Waals surface area contributed by atoms with Gasteiger partial charge in [-0.1, -0.05) is 6.92 Å². The number of pyridine rings is 1. The maximum Gasteiger partial charge on any atom is 0.286 e. The highest BCUT2D eigenvalue weighted by Crippen LogP contribution is 2.65. The molecule has 6 nitrogen and oxygen atoms in total. The average molecular weight is 426 g/mol. The van der Waals surface area contributed by atoms with E-state index in [0.29, 0.717) is 17.3 Å². The van der Waals surface area contributed by atoms with Gasteiger partial charge in [0.2, 0.25) is 5.91 Å². The lowest BCUT2D eigenvalue weighted by Crippen LogP contribution is -2.47. The highest BCUT2D eigenvalue weighted by molar-refractivity contribution is 6.00. The normalized spacial score (nSPS) is 23.7. The number of nitrogens with zero attached hydrogens (tertiary/aromatic N) is 2. The Bertz CT molecular complexity index is 1020. The number of hydrogen-bond acceptors (Lipinski definition) is 3. The minimum Gasteiger partial charge on any atom is -0.349 e. The van der Waals surface area contributed by atoms with Gasteiger partial charge in [0.15, 0.2) is 0 Å². The zero-order chi connectivity index (χ0) is 21.9. The predicted molar refractivity (Wildman–Crippen MR) is 100 cm³/mol. The Morgan fingerprint density at radius 3 is 2.63 bits per heavy atom. The Labute approximate surface area is 170 Å². The van der Waals surface area contributed by atoms with Crippen LogP contribution < -0.4 is 5.32 Å². The third-order valence-electron chi connectivity index (χ3n) is 6.09. The van der Waals surface area contributed by atoms with Crippen LogP contribution in [-0.2, 0) is 10.7 Å². The Balaban J connectivity index is 1.46. The zero-order valence-corrected chi connectivity index (χ0v) is 16.6. The maximum atomic E-state index is 13.6.